The van der Waals surface area contributed by atoms with Gasteiger partial charge in [-0.3, -0.25) is 4.79 Å². The summed E-state index contributed by atoms with van der Waals surface area (Å²) in [7, 11) is 0. The zero-order valence-electron chi connectivity index (χ0n) is 13.3. The van der Waals surface area contributed by atoms with Gasteiger partial charge in [-0.1, -0.05) is 36.4 Å². The molecule has 2 rings (SSSR count). The third-order valence-corrected chi connectivity index (χ3v) is 3.69. The molecular formula is C18H21N3O2. The minimum Gasteiger partial charge on any atom is -0.352 e. The van der Waals surface area contributed by atoms with Crippen molar-refractivity contribution in [2.24, 2.45) is 5.73 Å². The van der Waals surface area contributed by atoms with Crippen molar-refractivity contribution in [3.8, 4) is 0 Å². The van der Waals surface area contributed by atoms with Crippen LogP contribution in [0, 0.1) is 13.8 Å². The van der Waals surface area contributed by atoms with Crippen LogP contribution >= 0.6 is 0 Å². The first-order valence-electron chi connectivity index (χ1n) is 7.43. The molecule has 0 aliphatic rings. The number of anilines is 1. The third kappa shape index (κ3) is 4.85. The van der Waals surface area contributed by atoms with E-state index in [1.807, 2.05) is 62.4 Å². The average Bonchev–Trinajstić information content (AvgIpc) is 2.51. The number of urea groups is 1. The summed E-state index contributed by atoms with van der Waals surface area (Å²) in [5, 5.41) is 5.33. The second-order valence-electron chi connectivity index (χ2n) is 5.54. The quantitative estimate of drug-likeness (QED) is 0.792. The van der Waals surface area contributed by atoms with Gasteiger partial charge in [0.2, 0.25) is 5.91 Å². The molecular weight excluding hydrogens is 290 g/mol. The Morgan fingerprint density at radius 2 is 1.74 bits per heavy atom. The monoisotopic (exact) mass is 311 g/mol. The molecule has 5 nitrogen and oxygen atoms in total. The van der Waals surface area contributed by atoms with E-state index in [0.29, 0.717) is 12.1 Å². The number of carbonyl (C=O) groups is 2. The Labute approximate surface area is 135 Å². The molecule has 0 spiro atoms. The van der Waals surface area contributed by atoms with Crippen molar-refractivity contribution in [1.82, 2.24) is 5.32 Å². The van der Waals surface area contributed by atoms with Gasteiger partial charge in [-0.15, -0.1) is 0 Å². The predicted octanol–water partition coefficient (Wildman–Crippen LogP) is 2.52. The molecule has 0 radical (unpaired) electrons. The molecule has 0 aliphatic carbocycles. The SMILES string of the molecule is Cc1ccc(NC(=O)C(Cc2ccccc2)NC(N)=O)cc1C. The first kappa shape index (κ1) is 16.5. The molecule has 2 aromatic rings. The summed E-state index contributed by atoms with van der Waals surface area (Å²) in [4.78, 5) is 23.7. The third-order valence-electron chi connectivity index (χ3n) is 3.69. The van der Waals surface area contributed by atoms with Crippen molar-refractivity contribution in [3.63, 3.8) is 0 Å². The Balaban J connectivity index is 2.12. The maximum absolute atomic E-state index is 12.5. The van der Waals surface area contributed by atoms with Crippen LogP contribution in [-0.2, 0) is 11.2 Å². The summed E-state index contributed by atoms with van der Waals surface area (Å²) in [6.07, 6.45) is 0.375. The van der Waals surface area contributed by atoms with Crippen LogP contribution in [0.15, 0.2) is 48.5 Å². The molecule has 0 aromatic heterocycles. The number of rotatable bonds is 5. The lowest BCUT2D eigenvalue weighted by atomic mass is 10.0. The lowest BCUT2D eigenvalue weighted by molar-refractivity contribution is -0.117. The van der Waals surface area contributed by atoms with Crippen LogP contribution < -0.4 is 16.4 Å². The first-order chi connectivity index (χ1) is 11.0. The van der Waals surface area contributed by atoms with Gasteiger partial charge in [0.25, 0.3) is 0 Å². The Kier molecular flexibility index (Phi) is 5.36. The van der Waals surface area contributed by atoms with Crippen molar-refractivity contribution in [1.29, 1.82) is 0 Å². The Morgan fingerprint density at radius 3 is 2.35 bits per heavy atom. The highest BCUT2D eigenvalue weighted by Gasteiger charge is 2.20. The minimum absolute atomic E-state index is 0.295. The molecule has 0 saturated carbocycles. The normalized spacial score (nSPS) is 11.6. The van der Waals surface area contributed by atoms with Gasteiger partial charge in [-0.05, 0) is 42.7 Å². The molecule has 0 saturated heterocycles. The van der Waals surface area contributed by atoms with Gasteiger partial charge < -0.3 is 16.4 Å². The fourth-order valence-corrected chi connectivity index (χ4v) is 2.28. The van der Waals surface area contributed by atoms with Gasteiger partial charge in [0.05, 0.1) is 0 Å². The van der Waals surface area contributed by atoms with E-state index in [-0.39, 0.29) is 5.91 Å². The van der Waals surface area contributed by atoms with Crippen LogP contribution in [0.1, 0.15) is 16.7 Å². The van der Waals surface area contributed by atoms with E-state index in [4.69, 9.17) is 5.73 Å². The molecule has 3 amide bonds. The summed E-state index contributed by atoms with van der Waals surface area (Å²) in [5.41, 5.74) is 9.07. The maximum atomic E-state index is 12.5. The number of amides is 3. The number of nitrogens with one attached hydrogen (secondary N) is 2. The molecule has 0 aliphatic heterocycles. The lowest BCUT2D eigenvalue weighted by Gasteiger charge is -2.18. The topological polar surface area (TPSA) is 84.2 Å². The van der Waals surface area contributed by atoms with Crippen LogP contribution in [0.3, 0.4) is 0 Å². The smallest absolute Gasteiger partial charge is 0.312 e. The highest BCUT2D eigenvalue weighted by molar-refractivity contribution is 5.97. The number of hydrogen-bond acceptors (Lipinski definition) is 2. The zero-order valence-corrected chi connectivity index (χ0v) is 13.3. The summed E-state index contributed by atoms with van der Waals surface area (Å²) in [6, 6.07) is 13.7. The number of carbonyl (C=O) groups excluding carboxylic acids is 2. The fourth-order valence-electron chi connectivity index (χ4n) is 2.28. The van der Waals surface area contributed by atoms with Crippen LogP contribution in [0.2, 0.25) is 0 Å². The van der Waals surface area contributed by atoms with Gasteiger partial charge in [-0.25, -0.2) is 4.79 Å². The van der Waals surface area contributed by atoms with Crippen LogP contribution in [-0.4, -0.2) is 18.0 Å². The zero-order chi connectivity index (χ0) is 16.8. The van der Waals surface area contributed by atoms with E-state index in [9.17, 15) is 9.59 Å². The van der Waals surface area contributed by atoms with Gasteiger partial charge in [-0.2, -0.15) is 0 Å². The van der Waals surface area contributed by atoms with Crippen molar-refractivity contribution in [2.45, 2.75) is 26.3 Å². The molecule has 1 atom stereocenters. The summed E-state index contributed by atoms with van der Waals surface area (Å²) >= 11 is 0. The average molecular weight is 311 g/mol. The number of benzene rings is 2. The van der Waals surface area contributed by atoms with E-state index < -0.39 is 12.1 Å². The molecule has 0 fully saturated rings. The van der Waals surface area contributed by atoms with E-state index in [1.54, 1.807) is 0 Å². The first-order valence-corrected chi connectivity index (χ1v) is 7.43. The van der Waals surface area contributed by atoms with E-state index in [2.05, 4.69) is 10.6 Å². The second kappa shape index (κ2) is 7.45. The van der Waals surface area contributed by atoms with E-state index in [0.717, 1.165) is 16.7 Å². The Bertz CT molecular complexity index is 699. The van der Waals surface area contributed by atoms with Gasteiger partial charge in [0, 0.05) is 12.1 Å². The van der Waals surface area contributed by atoms with Crippen molar-refractivity contribution < 1.29 is 9.59 Å². The fraction of sp³-hybridized carbons (Fsp3) is 0.222. The molecule has 5 heteroatoms. The minimum atomic E-state index is -0.725. The van der Waals surface area contributed by atoms with Gasteiger partial charge in [0.15, 0.2) is 0 Å². The lowest BCUT2D eigenvalue weighted by Crippen LogP contribution is -2.47. The van der Waals surface area contributed by atoms with E-state index >= 15 is 0 Å². The largest absolute Gasteiger partial charge is 0.352 e. The molecule has 2 aromatic carbocycles. The molecule has 0 bridgehead atoms. The molecule has 120 valence electrons. The number of nitrogens with two attached hydrogens (primary N) is 1. The maximum Gasteiger partial charge on any atom is 0.312 e. The van der Waals surface area contributed by atoms with Gasteiger partial charge in [0.1, 0.15) is 6.04 Å². The van der Waals surface area contributed by atoms with Crippen molar-refractivity contribution in [3.05, 3.63) is 65.2 Å². The van der Waals surface area contributed by atoms with Crippen molar-refractivity contribution in [2.75, 3.05) is 5.32 Å². The number of hydrogen-bond donors (Lipinski definition) is 3. The van der Waals surface area contributed by atoms with Crippen molar-refractivity contribution >= 4 is 17.6 Å². The molecule has 4 N–H and O–H groups in total. The Morgan fingerprint density at radius 1 is 1.04 bits per heavy atom. The highest BCUT2D eigenvalue weighted by Crippen LogP contribution is 2.15. The van der Waals surface area contributed by atoms with Crippen LogP contribution in [0.5, 0.6) is 0 Å². The Hall–Kier alpha value is -2.82. The number of aryl methyl sites for hydroxylation is 2. The van der Waals surface area contributed by atoms with Crippen LogP contribution in [0.25, 0.3) is 0 Å². The molecule has 1 unspecified atom stereocenters. The second-order valence-corrected chi connectivity index (χ2v) is 5.54. The highest BCUT2D eigenvalue weighted by atomic mass is 16.2. The number of primary amides is 1. The molecule has 23 heavy (non-hydrogen) atoms. The van der Waals surface area contributed by atoms with Gasteiger partial charge >= 0.3 is 6.03 Å². The standard InChI is InChI=1S/C18H21N3O2/c1-12-8-9-15(10-13(12)2)20-17(22)16(21-18(19)23)11-14-6-4-3-5-7-14/h3-10,16H,11H2,1-2H3,(H,20,22)(H3,19,21,23). The summed E-state index contributed by atoms with van der Waals surface area (Å²) in [6.45, 7) is 3.99. The predicted molar refractivity (Wildman–Crippen MR) is 91.2 cm³/mol. The van der Waals surface area contributed by atoms with Crippen LogP contribution in [0.4, 0.5) is 10.5 Å². The summed E-state index contributed by atoms with van der Waals surface area (Å²) < 4.78 is 0. The molecule has 0 heterocycles. The van der Waals surface area contributed by atoms with E-state index in [1.165, 1.54) is 0 Å². The summed E-state index contributed by atoms with van der Waals surface area (Å²) in [5.74, 6) is -0.295.